The van der Waals surface area contributed by atoms with Gasteiger partial charge in [0.1, 0.15) is 4.88 Å². The van der Waals surface area contributed by atoms with Gasteiger partial charge >= 0.3 is 0 Å². The van der Waals surface area contributed by atoms with E-state index in [1.54, 1.807) is 4.57 Å². The van der Waals surface area contributed by atoms with Crippen LogP contribution >= 0.6 is 23.6 Å². The minimum atomic E-state index is 0.217. The van der Waals surface area contributed by atoms with Crippen LogP contribution in [0.15, 0.2) is 35.4 Å². The standard InChI is InChI=1S/C15H19N3OS2/c1-3-4-10-18-14(19)13(21-15(18)20)11(2)16-17-12-8-6-5-7-9-12/h5-9,17,19H,3-4,10H2,1-2H3/b16-11+. The Morgan fingerprint density at radius 1 is 1.38 bits per heavy atom. The Bertz CT molecular complexity index is 674. The van der Waals surface area contributed by atoms with Crippen molar-refractivity contribution in [3.63, 3.8) is 0 Å². The van der Waals surface area contributed by atoms with Crippen LogP contribution in [0.2, 0.25) is 0 Å². The number of para-hydroxylation sites is 1. The molecule has 0 saturated heterocycles. The molecule has 21 heavy (non-hydrogen) atoms. The van der Waals surface area contributed by atoms with Gasteiger partial charge in [-0.3, -0.25) is 9.99 Å². The molecule has 0 aliphatic carbocycles. The molecule has 2 aromatic rings. The van der Waals surface area contributed by atoms with Crippen LogP contribution in [0.5, 0.6) is 5.88 Å². The summed E-state index contributed by atoms with van der Waals surface area (Å²) in [7, 11) is 0. The number of aromatic hydroxyl groups is 1. The molecule has 0 amide bonds. The van der Waals surface area contributed by atoms with E-state index in [1.807, 2.05) is 37.3 Å². The molecule has 1 heterocycles. The number of aromatic nitrogens is 1. The smallest absolute Gasteiger partial charge is 0.212 e. The molecule has 0 fully saturated rings. The molecule has 2 N–H and O–H groups in total. The topological polar surface area (TPSA) is 49.5 Å². The summed E-state index contributed by atoms with van der Waals surface area (Å²) in [6.45, 7) is 4.72. The van der Waals surface area contributed by atoms with Crippen LogP contribution in [-0.4, -0.2) is 15.4 Å². The van der Waals surface area contributed by atoms with Crippen molar-refractivity contribution in [1.29, 1.82) is 0 Å². The van der Waals surface area contributed by atoms with Gasteiger partial charge in [0.25, 0.3) is 0 Å². The lowest BCUT2D eigenvalue weighted by Gasteiger charge is -2.04. The normalized spacial score (nSPS) is 11.6. The molecule has 0 atom stereocenters. The highest BCUT2D eigenvalue weighted by molar-refractivity contribution is 7.73. The van der Waals surface area contributed by atoms with Gasteiger partial charge in [-0.1, -0.05) is 42.9 Å². The van der Waals surface area contributed by atoms with Crippen LogP contribution in [0.1, 0.15) is 31.6 Å². The van der Waals surface area contributed by atoms with Gasteiger partial charge in [-0.25, -0.2) is 0 Å². The number of nitrogens with zero attached hydrogens (tertiary/aromatic N) is 2. The van der Waals surface area contributed by atoms with E-state index >= 15 is 0 Å². The quantitative estimate of drug-likeness (QED) is 0.463. The highest BCUT2D eigenvalue weighted by Gasteiger charge is 2.14. The lowest BCUT2D eigenvalue weighted by atomic mass is 10.3. The molecule has 0 spiro atoms. The van der Waals surface area contributed by atoms with E-state index in [1.165, 1.54) is 11.3 Å². The van der Waals surface area contributed by atoms with Crippen molar-refractivity contribution in [3.05, 3.63) is 39.2 Å². The largest absolute Gasteiger partial charge is 0.493 e. The fourth-order valence-corrected chi connectivity index (χ4v) is 3.14. The molecule has 2 rings (SSSR count). The molecular formula is C15H19N3OS2. The van der Waals surface area contributed by atoms with Crippen LogP contribution in [0.4, 0.5) is 5.69 Å². The Labute approximate surface area is 133 Å². The summed E-state index contributed by atoms with van der Waals surface area (Å²) in [6, 6.07) is 9.70. The van der Waals surface area contributed by atoms with Gasteiger partial charge in [-0.15, -0.1) is 0 Å². The molecular weight excluding hydrogens is 302 g/mol. The maximum absolute atomic E-state index is 10.3. The third-order valence-corrected chi connectivity index (χ3v) is 4.61. The summed E-state index contributed by atoms with van der Waals surface area (Å²) >= 11 is 6.71. The molecule has 6 heteroatoms. The average molecular weight is 321 g/mol. The molecule has 1 aromatic heterocycles. The first-order chi connectivity index (χ1) is 10.1. The lowest BCUT2D eigenvalue weighted by Crippen LogP contribution is -2.00. The second-order valence-corrected chi connectivity index (χ2v) is 6.35. The first-order valence-corrected chi connectivity index (χ1v) is 8.14. The van der Waals surface area contributed by atoms with Crippen molar-refractivity contribution >= 4 is 35.0 Å². The fraction of sp³-hybridized carbons (Fsp3) is 0.333. The molecule has 4 nitrogen and oxygen atoms in total. The van der Waals surface area contributed by atoms with Crippen molar-refractivity contribution in [2.75, 3.05) is 5.43 Å². The fourth-order valence-electron chi connectivity index (χ4n) is 1.86. The maximum Gasteiger partial charge on any atom is 0.212 e. The molecule has 1 aromatic carbocycles. The maximum atomic E-state index is 10.3. The summed E-state index contributed by atoms with van der Waals surface area (Å²) in [6.07, 6.45) is 2.06. The van der Waals surface area contributed by atoms with Gasteiger partial charge in [-0.2, -0.15) is 5.10 Å². The predicted molar refractivity (Wildman–Crippen MR) is 92.0 cm³/mol. The van der Waals surface area contributed by atoms with Crippen LogP contribution in [0.25, 0.3) is 0 Å². The Morgan fingerprint density at radius 2 is 2.10 bits per heavy atom. The number of hydrogen-bond acceptors (Lipinski definition) is 5. The zero-order chi connectivity index (χ0) is 15.2. The van der Waals surface area contributed by atoms with E-state index in [4.69, 9.17) is 12.2 Å². The Kier molecular flexibility index (Phi) is 5.52. The molecule has 0 saturated carbocycles. The number of hydrazone groups is 1. The number of rotatable bonds is 6. The van der Waals surface area contributed by atoms with E-state index in [0.717, 1.165) is 35.7 Å². The first kappa shape index (κ1) is 15.7. The van der Waals surface area contributed by atoms with Gasteiger partial charge < -0.3 is 5.11 Å². The minimum absolute atomic E-state index is 0.217. The number of benzene rings is 1. The number of thiazole rings is 1. The van der Waals surface area contributed by atoms with Crippen molar-refractivity contribution in [3.8, 4) is 5.88 Å². The van der Waals surface area contributed by atoms with E-state index in [0.29, 0.717) is 3.95 Å². The Hall–Kier alpha value is -1.66. The summed E-state index contributed by atoms with van der Waals surface area (Å²) < 4.78 is 2.46. The first-order valence-electron chi connectivity index (χ1n) is 6.91. The van der Waals surface area contributed by atoms with E-state index in [-0.39, 0.29) is 5.88 Å². The lowest BCUT2D eigenvalue weighted by molar-refractivity contribution is 0.410. The molecule has 0 aliphatic rings. The molecule has 0 bridgehead atoms. The third-order valence-electron chi connectivity index (χ3n) is 3.06. The Balaban J connectivity index is 2.19. The molecule has 0 aliphatic heterocycles. The number of anilines is 1. The van der Waals surface area contributed by atoms with Crippen LogP contribution in [-0.2, 0) is 6.54 Å². The average Bonchev–Trinajstić information content (AvgIpc) is 2.79. The molecule has 112 valence electrons. The van der Waals surface area contributed by atoms with Gasteiger partial charge in [0.05, 0.1) is 11.4 Å². The SMILES string of the molecule is CCCCn1c(O)c(/C(C)=N/Nc2ccccc2)sc1=S. The number of unbranched alkanes of at least 4 members (excludes halogenated alkanes) is 1. The summed E-state index contributed by atoms with van der Waals surface area (Å²) in [5, 5.41) is 14.6. The van der Waals surface area contributed by atoms with Crippen LogP contribution in [0, 0.1) is 3.95 Å². The van der Waals surface area contributed by atoms with Gasteiger partial charge in [0, 0.05) is 6.54 Å². The van der Waals surface area contributed by atoms with Crippen LogP contribution in [0.3, 0.4) is 0 Å². The molecule has 0 unspecified atom stereocenters. The third kappa shape index (κ3) is 3.92. The van der Waals surface area contributed by atoms with Crippen molar-refractivity contribution in [2.45, 2.75) is 33.2 Å². The summed E-state index contributed by atoms with van der Waals surface area (Å²) in [5.74, 6) is 0.217. The minimum Gasteiger partial charge on any atom is -0.493 e. The van der Waals surface area contributed by atoms with Gasteiger partial charge in [-0.05, 0) is 37.7 Å². The zero-order valence-corrected chi connectivity index (χ0v) is 13.8. The highest BCUT2D eigenvalue weighted by atomic mass is 32.1. The monoisotopic (exact) mass is 321 g/mol. The van der Waals surface area contributed by atoms with Crippen molar-refractivity contribution < 1.29 is 5.11 Å². The van der Waals surface area contributed by atoms with Gasteiger partial charge in [0.15, 0.2) is 3.95 Å². The van der Waals surface area contributed by atoms with E-state index in [2.05, 4.69) is 17.5 Å². The highest BCUT2D eigenvalue weighted by Crippen LogP contribution is 2.27. The van der Waals surface area contributed by atoms with E-state index < -0.39 is 0 Å². The second-order valence-electron chi connectivity index (χ2n) is 4.70. The van der Waals surface area contributed by atoms with E-state index in [9.17, 15) is 5.11 Å². The van der Waals surface area contributed by atoms with Crippen molar-refractivity contribution in [1.82, 2.24) is 4.57 Å². The van der Waals surface area contributed by atoms with Crippen LogP contribution < -0.4 is 5.43 Å². The van der Waals surface area contributed by atoms with Crippen molar-refractivity contribution in [2.24, 2.45) is 5.10 Å². The number of nitrogens with one attached hydrogen (secondary N) is 1. The summed E-state index contributed by atoms with van der Waals surface area (Å²) in [4.78, 5) is 0.722. The summed E-state index contributed by atoms with van der Waals surface area (Å²) in [5.41, 5.74) is 4.61. The zero-order valence-electron chi connectivity index (χ0n) is 12.2. The second kappa shape index (κ2) is 7.38. The Morgan fingerprint density at radius 3 is 2.76 bits per heavy atom. The predicted octanol–water partition coefficient (Wildman–Crippen LogP) is 4.62. The van der Waals surface area contributed by atoms with Gasteiger partial charge in [0.2, 0.25) is 5.88 Å². The molecule has 0 radical (unpaired) electrons. The number of hydrogen-bond donors (Lipinski definition) is 2.